The van der Waals surface area contributed by atoms with Gasteiger partial charge in [0, 0.05) is 0 Å². The SMILES string of the molecule is C[Si]1(C)O[SiH2]O[SiH](C2CCCCC2)O[Si](C)(C)O1. The Hall–Kier alpha value is 0.708. The molecule has 0 radical (unpaired) electrons. The molecule has 1 heterocycles. The zero-order chi connectivity index (χ0) is 13.2. The van der Waals surface area contributed by atoms with E-state index >= 15 is 0 Å². The van der Waals surface area contributed by atoms with Crippen LogP contribution in [0.1, 0.15) is 32.1 Å². The van der Waals surface area contributed by atoms with Gasteiger partial charge in [-0.15, -0.1) is 0 Å². The van der Waals surface area contributed by atoms with Crippen molar-refractivity contribution in [2.45, 2.75) is 63.8 Å². The Bertz CT molecular complexity index is 281. The van der Waals surface area contributed by atoms with Crippen LogP contribution >= 0.6 is 0 Å². The first-order valence-corrected chi connectivity index (χ1v) is 15.4. The van der Waals surface area contributed by atoms with Gasteiger partial charge in [-0.2, -0.15) is 0 Å². The highest BCUT2D eigenvalue weighted by Gasteiger charge is 2.42. The molecule has 2 rings (SSSR count). The number of hydrogen-bond acceptors (Lipinski definition) is 4. The predicted molar refractivity (Wildman–Crippen MR) is 81.8 cm³/mol. The lowest BCUT2D eigenvalue weighted by molar-refractivity contribution is 0.258. The normalized spacial score (nSPS) is 35.0. The highest BCUT2D eigenvalue weighted by atomic mass is 28.5. The van der Waals surface area contributed by atoms with Crippen LogP contribution in [0.15, 0.2) is 0 Å². The van der Waals surface area contributed by atoms with E-state index in [1.54, 1.807) is 0 Å². The van der Waals surface area contributed by atoms with E-state index in [1.807, 2.05) is 0 Å². The molecule has 8 heteroatoms. The molecule has 18 heavy (non-hydrogen) atoms. The third-order valence-corrected chi connectivity index (χ3v) is 17.2. The maximum atomic E-state index is 6.38. The summed E-state index contributed by atoms with van der Waals surface area (Å²) in [6.07, 6.45) is 6.63. The van der Waals surface area contributed by atoms with Crippen molar-refractivity contribution < 1.29 is 16.5 Å². The van der Waals surface area contributed by atoms with E-state index in [0.29, 0.717) is 5.54 Å². The van der Waals surface area contributed by atoms with Crippen LogP contribution in [0.3, 0.4) is 0 Å². The van der Waals surface area contributed by atoms with E-state index in [1.165, 1.54) is 32.1 Å². The molecule has 1 saturated heterocycles. The molecule has 106 valence electrons. The monoisotopic (exact) mass is 322 g/mol. The van der Waals surface area contributed by atoms with Gasteiger partial charge in [0.15, 0.2) is 0 Å². The molecule has 0 spiro atoms. The highest BCUT2D eigenvalue weighted by Crippen LogP contribution is 2.34. The lowest BCUT2D eigenvalue weighted by atomic mass is 10.0. The first kappa shape index (κ1) is 15.1. The van der Waals surface area contributed by atoms with Crippen LogP contribution in [-0.2, 0) is 16.5 Å². The van der Waals surface area contributed by atoms with Gasteiger partial charge in [-0.05, 0) is 44.6 Å². The van der Waals surface area contributed by atoms with E-state index in [-0.39, 0.29) is 0 Å². The zero-order valence-electron chi connectivity index (χ0n) is 12.0. The summed E-state index contributed by atoms with van der Waals surface area (Å²) in [5.74, 6) is 0. The lowest BCUT2D eigenvalue weighted by Gasteiger charge is -2.40. The number of hydrogen-bond donors (Lipinski definition) is 0. The standard InChI is InChI=1S/C10H26O4Si4/c1-17(2)12-15-11-16(13-18(3,4)14-17)10-8-6-5-7-9-10/h10,16H,5-9,15H2,1-4H3. The summed E-state index contributed by atoms with van der Waals surface area (Å²) in [4.78, 5) is 0. The summed E-state index contributed by atoms with van der Waals surface area (Å²) < 4.78 is 24.7. The average molecular weight is 323 g/mol. The minimum Gasteiger partial charge on any atom is -0.422 e. The third-order valence-electron chi connectivity index (χ3n) is 3.57. The molecule has 0 aromatic carbocycles. The summed E-state index contributed by atoms with van der Waals surface area (Å²) in [6.45, 7) is 8.49. The van der Waals surface area contributed by atoms with Gasteiger partial charge in [-0.3, -0.25) is 0 Å². The molecule has 0 aromatic rings. The van der Waals surface area contributed by atoms with Gasteiger partial charge in [0.1, 0.15) is 0 Å². The third kappa shape index (κ3) is 4.37. The molecule has 1 aliphatic carbocycles. The molecule has 0 N–H and O–H groups in total. The van der Waals surface area contributed by atoms with Gasteiger partial charge in [0.05, 0.1) is 0 Å². The van der Waals surface area contributed by atoms with Crippen LogP contribution in [0.4, 0.5) is 0 Å². The molecular weight excluding hydrogens is 296 g/mol. The van der Waals surface area contributed by atoms with Crippen molar-refractivity contribution >= 4 is 36.4 Å². The Labute approximate surface area is 117 Å². The van der Waals surface area contributed by atoms with Gasteiger partial charge >= 0.3 is 26.4 Å². The molecule has 1 unspecified atom stereocenters. The maximum Gasteiger partial charge on any atom is 0.313 e. The summed E-state index contributed by atoms with van der Waals surface area (Å²) in [5, 5.41) is 0. The zero-order valence-corrected chi connectivity index (χ0v) is 16.6. The molecule has 0 amide bonds. The van der Waals surface area contributed by atoms with Crippen molar-refractivity contribution in [3.8, 4) is 0 Å². The molecular formula is C10H26O4Si4. The Morgan fingerprint density at radius 3 is 2.33 bits per heavy atom. The molecule has 1 aliphatic heterocycles. The Morgan fingerprint density at radius 2 is 1.67 bits per heavy atom. The van der Waals surface area contributed by atoms with Crippen LogP contribution in [0.5, 0.6) is 0 Å². The molecule has 1 atom stereocenters. The lowest BCUT2D eigenvalue weighted by Crippen LogP contribution is -2.56. The van der Waals surface area contributed by atoms with Gasteiger partial charge in [-0.25, -0.2) is 0 Å². The molecule has 0 aromatic heterocycles. The maximum absolute atomic E-state index is 6.38. The Balaban J connectivity index is 2.00. The van der Waals surface area contributed by atoms with Crippen LogP contribution in [0.25, 0.3) is 0 Å². The summed E-state index contributed by atoms with van der Waals surface area (Å²) >= 11 is 0. The first-order chi connectivity index (χ1) is 8.38. The van der Waals surface area contributed by atoms with Gasteiger partial charge in [0.2, 0.25) is 0 Å². The van der Waals surface area contributed by atoms with Crippen LogP contribution < -0.4 is 0 Å². The van der Waals surface area contributed by atoms with Crippen LogP contribution in [0, 0.1) is 0 Å². The largest absolute Gasteiger partial charge is 0.422 e. The van der Waals surface area contributed by atoms with E-state index in [2.05, 4.69) is 26.2 Å². The van der Waals surface area contributed by atoms with Crippen molar-refractivity contribution in [3.63, 3.8) is 0 Å². The first-order valence-electron chi connectivity index (χ1n) is 7.02. The molecule has 4 nitrogen and oxygen atoms in total. The van der Waals surface area contributed by atoms with E-state index in [9.17, 15) is 0 Å². The summed E-state index contributed by atoms with van der Waals surface area (Å²) in [7, 11) is -6.52. The quantitative estimate of drug-likeness (QED) is 0.692. The summed E-state index contributed by atoms with van der Waals surface area (Å²) in [5.41, 5.74) is 0.688. The van der Waals surface area contributed by atoms with Crippen molar-refractivity contribution in [1.29, 1.82) is 0 Å². The van der Waals surface area contributed by atoms with Crippen molar-refractivity contribution in [3.05, 3.63) is 0 Å². The van der Waals surface area contributed by atoms with E-state index in [0.717, 1.165) is 0 Å². The second-order valence-corrected chi connectivity index (χ2v) is 18.0. The van der Waals surface area contributed by atoms with Gasteiger partial charge in [-0.1, -0.05) is 19.3 Å². The molecule has 1 saturated carbocycles. The fraction of sp³-hybridized carbons (Fsp3) is 1.00. The predicted octanol–water partition coefficient (Wildman–Crippen LogP) is 2.02. The molecule has 2 aliphatic rings. The fourth-order valence-electron chi connectivity index (χ4n) is 2.84. The van der Waals surface area contributed by atoms with Crippen LogP contribution in [-0.4, -0.2) is 36.4 Å². The highest BCUT2D eigenvalue weighted by molar-refractivity contribution is 6.84. The second-order valence-electron chi connectivity index (χ2n) is 6.21. The fourth-order valence-corrected chi connectivity index (χ4v) is 17.5. The van der Waals surface area contributed by atoms with Crippen LogP contribution in [0.2, 0.25) is 31.7 Å². The van der Waals surface area contributed by atoms with E-state index < -0.39 is 36.4 Å². The van der Waals surface area contributed by atoms with E-state index in [4.69, 9.17) is 16.5 Å². The van der Waals surface area contributed by atoms with Gasteiger partial charge < -0.3 is 16.5 Å². The van der Waals surface area contributed by atoms with Crippen molar-refractivity contribution in [2.24, 2.45) is 0 Å². The average Bonchev–Trinajstić information content (AvgIpc) is 2.25. The smallest absolute Gasteiger partial charge is 0.313 e. The molecule has 0 bridgehead atoms. The van der Waals surface area contributed by atoms with Crippen molar-refractivity contribution in [2.75, 3.05) is 0 Å². The Kier molecular flexibility index (Phi) is 5.03. The van der Waals surface area contributed by atoms with Gasteiger partial charge in [0.25, 0.3) is 10.0 Å². The minimum absolute atomic E-state index is 0.688. The molecule has 2 fully saturated rings. The second kappa shape index (κ2) is 6.00. The summed E-state index contributed by atoms with van der Waals surface area (Å²) in [6, 6.07) is 0. The number of rotatable bonds is 1. The minimum atomic E-state index is -2.06. The Morgan fingerprint density at radius 1 is 1.00 bits per heavy atom. The topological polar surface area (TPSA) is 36.9 Å². The van der Waals surface area contributed by atoms with Crippen molar-refractivity contribution in [1.82, 2.24) is 0 Å².